The maximum absolute atomic E-state index is 13.1. The lowest BCUT2D eigenvalue weighted by atomic mass is 9.73. The first kappa shape index (κ1) is 32.5. The number of hydrogen-bond donors (Lipinski definition) is 1. The van der Waals surface area contributed by atoms with E-state index >= 15 is 0 Å². The predicted octanol–water partition coefficient (Wildman–Crippen LogP) is 4.21. The van der Waals surface area contributed by atoms with Crippen molar-refractivity contribution in [1.29, 1.82) is 0 Å². The molecule has 2 unspecified atom stereocenters. The van der Waals surface area contributed by atoms with E-state index in [1.165, 1.54) is 11.3 Å². The Morgan fingerprint density at radius 2 is 1.80 bits per heavy atom. The van der Waals surface area contributed by atoms with E-state index in [1.807, 2.05) is 46.2 Å². The van der Waals surface area contributed by atoms with Crippen LogP contribution in [0.25, 0.3) is 16.9 Å². The van der Waals surface area contributed by atoms with Gasteiger partial charge in [0.2, 0.25) is 0 Å². The molecule has 6 rings (SSSR count). The van der Waals surface area contributed by atoms with Gasteiger partial charge in [-0.05, 0) is 85.4 Å². The monoisotopic (exact) mass is 657 g/mol. The molecule has 0 aliphatic carbocycles. The molecule has 2 fully saturated rings. The highest BCUT2D eigenvalue weighted by molar-refractivity contribution is 7.84. The fourth-order valence-corrected chi connectivity index (χ4v) is 8.07. The van der Waals surface area contributed by atoms with Gasteiger partial charge in [-0.1, -0.05) is 6.07 Å². The molecule has 3 aromatic rings. The van der Waals surface area contributed by atoms with E-state index < -0.39 is 26.8 Å². The van der Waals surface area contributed by atoms with Crippen LogP contribution in [0.15, 0.2) is 24.4 Å². The van der Waals surface area contributed by atoms with Crippen LogP contribution in [-0.2, 0) is 44.0 Å². The summed E-state index contributed by atoms with van der Waals surface area (Å²) in [6.45, 7) is 16.9. The smallest absolute Gasteiger partial charge is 0.182 e. The van der Waals surface area contributed by atoms with Gasteiger partial charge in [0.25, 0.3) is 0 Å². The van der Waals surface area contributed by atoms with Gasteiger partial charge in [0, 0.05) is 37.8 Å². The molecule has 13 heteroatoms. The molecule has 2 aromatic heterocycles. The summed E-state index contributed by atoms with van der Waals surface area (Å²) in [5, 5.41) is 4.70. The zero-order valence-electron chi connectivity index (χ0n) is 27.8. The average Bonchev–Trinajstić information content (AvgIpc) is 3.66. The molecule has 1 spiro atoms. The number of ether oxygens (including phenoxy) is 1. The van der Waals surface area contributed by atoms with E-state index in [1.54, 1.807) is 6.20 Å². The Morgan fingerprint density at radius 3 is 2.49 bits per heavy atom. The molecule has 0 radical (unpaired) electrons. The van der Waals surface area contributed by atoms with Crippen LogP contribution in [0, 0.1) is 5.41 Å². The largest absolute Gasteiger partial charge is 0.376 e. The van der Waals surface area contributed by atoms with Crippen molar-refractivity contribution in [1.82, 2.24) is 24.5 Å². The first-order chi connectivity index (χ1) is 21.2. The van der Waals surface area contributed by atoms with Gasteiger partial charge in [-0.2, -0.15) is 5.10 Å². The van der Waals surface area contributed by atoms with Crippen LogP contribution in [0.4, 0.5) is 11.5 Å². The Morgan fingerprint density at radius 1 is 1.07 bits per heavy atom. The van der Waals surface area contributed by atoms with E-state index in [9.17, 15) is 8.42 Å². The van der Waals surface area contributed by atoms with Crippen molar-refractivity contribution >= 4 is 44.7 Å². The number of aromatic nitrogens is 4. The van der Waals surface area contributed by atoms with Gasteiger partial charge < -0.3 is 14.5 Å². The first-order valence-electron chi connectivity index (χ1n) is 15.9. The van der Waals surface area contributed by atoms with E-state index in [0.29, 0.717) is 23.5 Å². The molecule has 1 aromatic carbocycles. The maximum Gasteiger partial charge on any atom is 0.182 e. The van der Waals surface area contributed by atoms with Crippen LogP contribution in [0.3, 0.4) is 0 Å². The van der Waals surface area contributed by atoms with Crippen LogP contribution in [-0.4, -0.2) is 83.1 Å². The molecule has 0 bridgehead atoms. The average molecular weight is 658 g/mol. The number of rotatable bonds is 7. The Balaban J connectivity index is 1.30. The van der Waals surface area contributed by atoms with Gasteiger partial charge in [-0.15, -0.1) is 0 Å². The summed E-state index contributed by atoms with van der Waals surface area (Å²) < 4.78 is 42.5. The minimum absolute atomic E-state index is 0.00474. The molecule has 1 N–H and O–H groups in total. The summed E-state index contributed by atoms with van der Waals surface area (Å²) in [6.07, 6.45) is 4.48. The normalized spacial score (nSPS) is 23.2. The summed E-state index contributed by atoms with van der Waals surface area (Å²) >= 11 is -1.52. The molecule has 11 nitrogen and oxygen atoms in total. The van der Waals surface area contributed by atoms with Crippen LogP contribution in [0.5, 0.6) is 0 Å². The van der Waals surface area contributed by atoms with Gasteiger partial charge in [0.1, 0.15) is 17.8 Å². The van der Waals surface area contributed by atoms with E-state index in [2.05, 4.69) is 46.7 Å². The van der Waals surface area contributed by atoms with Crippen LogP contribution < -0.4 is 14.5 Å². The third-order valence-corrected chi connectivity index (χ3v) is 12.2. The van der Waals surface area contributed by atoms with Gasteiger partial charge in [-0.25, -0.2) is 27.8 Å². The number of nitrogens with one attached hydrogen (secondary N) is 1. The lowest BCUT2D eigenvalue weighted by Crippen LogP contribution is -2.55. The van der Waals surface area contributed by atoms with Gasteiger partial charge in [0.05, 0.1) is 51.1 Å². The number of hydrogen-bond acceptors (Lipinski definition) is 9. The minimum Gasteiger partial charge on any atom is -0.376 e. The Labute approximate surface area is 271 Å². The van der Waals surface area contributed by atoms with Crippen molar-refractivity contribution in [2.24, 2.45) is 5.41 Å². The summed E-state index contributed by atoms with van der Waals surface area (Å²) in [5.74, 6) is 0.728. The second-order valence-electron chi connectivity index (χ2n) is 14.7. The Hall–Kier alpha value is -2.45. The number of anilines is 2. The molecule has 5 heterocycles. The summed E-state index contributed by atoms with van der Waals surface area (Å²) in [4.78, 5) is 14.7. The van der Waals surface area contributed by atoms with Crippen molar-refractivity contribution in [2.45, 2.75) is 96.0 Å². The second kappa shape index (κ2) is 12.0. The number of piperidine rings is 1. The Bertz CT molecular complexity index is 1620. The lowest BCUT2D eigenvalue weighted by molar-refractivity contribution is 0.0973. The van der Waals surface area contributed by atoms with Crippen molar-refractivity contribution in [3.05, 3.63) is 35.7 Å². The van der Waals surface area contributed by atoms with Gasteiger partial charge in [0.15, 0.2) is 22.5 Å². The predicted molar refractivity (Wildman–Crippen MR) is 180 cm³/mol. The molecule has 4 atom stereocenters. The lowest BCUT2D eigenvalue weighted by Gasteiger charge is -2.43. The third-order valence-electron chi connectivity index (χ3n) is 9.31. The summed E-state index contributed by atoms with van der Waals surface area (Å²) in [7, 11) is 0.915. The molecule has 3 aliphatic heterocycles. The summed E-state index contributed by atoms with van der Waals surface area (Å²) in [6, 6.07) is 6.39. The number of benzene rings is 1. The quantitative estimate of drug-likeness (QED) is 0.399. The van der Waals surface area contributed by atoms with Gasteiger partial charge >= 0.3 is 0 Å². The number of likely N-dealkylation sites (N-methyl/N-ethyl adjacent to an activating group) is 1. The minimum atomic E-state index is -1.52. The molecule has 246 valence electrons. The molecule has 2 saturated heterocycles. The molecular formula is C32H47N7O4S2. The topological polar surface area (TPSA) is 115 Å². The van der Waals surface area contributed by atoms with Crippen molar-refractivity contribution in [2.75, 3.05) is 43.1 Å². The highest BCUT2D eigenvalue weighted by Crippen LogP contribution is 2.44. The zero-order valence-corrected chi connectivity index (χ0v) is 29.4. The van der Waals surface area contributed by atoms with Crippen molar-refractivity contribution < 1.29 is 17.3 Å². The zero-order chi connectivity index (χ0) is 32.3. The van der Waals surface area contributed by atoms with E-state index in [4.69, 9.17) is 24.0 Å². The molecule has 0 amide bonds. The number of fused-ring (bicyclic) bond motifs is 2. The molecule has 45 heavy (non-hydrogen) atoms. The van der Waals surface area contributed by atoms with Crippen molar-refractivity contribution in [3.63, 3.8) is 0 Å². The summed E-state index contributed by atoms with van der Waals surface area (Å²) in [5.41, 5.74) is 5.30. The van der Waals surface area contributed by atoms with E-state index in [0.717, 1.165) is 50.4 Å². The number of nitrogens with zero attached hydrogens (tertiary/aromatic N) is 6. The fourth-order valence-electron chi connectivity index (χ4n) is 6.47. The first-order valence-corrected chi connectivity index (χ1v) is 18.1. The van der Waals surface area contributed by atoms with Crippen LogP contribution >= 0.6 is 0 Å². The Kier molecular flexibility index (Phi) is 8.64. The third kappa shape index (κ3) is 6.30. The van der Waals surface area contributed by atoms with Crippen LogP contribution in [0.2, 0.25) is 0 Å². The van der Waals surface area contributed by atoms with Gasteiger partial charge in [-0.3, -0.25) is 4.18 Å². The SMILES string of the molecule is C[C@@H]1OCC2(CCN(c3nc4cnn(-c5ccc6c(c5)N(C)CC6)c4nc3COS(=O)C(C)(C)C)CC2)[C@@H]1NS(=O)C(C)(C)C. The molecule has 0 saturated carbocycles. The van der Waals surface area contributed by atoms with E-state index in [-0.39, 0.29) is 28.9 Å². The highest BCUT2D eigenvalue weighted by atomic mass is 32.2. The second-order valence-corrected chi connectivity index (χ2v) is 18.6. The molecular weight excluding hydrogens is 611 g/mol. The van der Waals surface area contributed by atoms with Crippen molar-refractivity contribution in [3.8, 4) is 5.69 Å². The standard InChI is InChI=1S/C32H47N7O4S2/c1-21-27(36-44(40)30(2,3)4)32(20-42-21)12-15-38(16-13-32)28-25(19-43-45(41)31(5,6)7)35-29-24(34-28)18-33-39(29)23-10-9-22-11-14-37(8)26(22)17-23/h9-10,17-18,21,27,36H,11-16,19-20H2,1-8H3/t21-,27+,44?,45?/m0/s1. The van der Waals surface area contributed by atoms with Crippen LogP contribution in [0.1, 0.15) is 72.6 Å². The molecule has 3 aliphatic rings. The maximum atomic E-state index is 13.1. The fraction of sp³-hybridized carbons (Fsp3) is 0.656. The highest BCUT2D eigenvalue weighted by Gasteiger charge is 2.51.